The lowest BCUT2D eigenvalue weighted by atomic mass is 10.8. The molecule has 0 radical (unpaired) electrons. The van der Waals surface area contributed by atoms with Crippen molar-refractivity contribution in [1.82, 2.24) is 0 Å². The van der Waals surface area contributed by atoms with Crippen LogP contribution in [0.3, 0.4) is 0 Å². The van der Waals surface area contributed by atoms with Gasteiger partial charge in [-0.2, -0.15) is 9.59 Å². The molecule has 0 aromatic rings. The Balaban J connectivity index is 0. The monoisotopic (exact) mass is 89.0 g/mol. The average molecular weight is 89.1 g/mol. The molecule has 0 amide bonds. The van der Waals surface area contributed by atoms with Crippen LogP contribution >= 0.6 is 0 Å². The van der Waals surface area contributed by atoms with Gasteiger partial charge in [-0.15, -0.1) is 0 Å². The first-order chi connectivity index (χ1) is 2.83. The summed E-state index contributed by atoms with van der Waals surface area (Å²) in [4.78, 5) is 16.2. The van der Waals surface area contributed by atoms with Crippen molar-refractivity contribution in [2.45, 2.75) is 6.92 Å². The van der Waals surface area contributed by atoms with Crippen LogP contribution in [0.5, 0.6) is 0 Å². The average Bonchev–Trinajstić information content (AvgIpc) is 1.39. The standard InChI is InChI=1S/C2H7N.CO2/c1-2-3;2-1-3/h2-3H2,1H3;. The quantitative estimate of drug-likeness (QED) is 0.430. The van der Waals surface area contributed by atoms with E-state index in [1.807, 2.05) is 6.92 Å². The summed E-state index contributed by atoms with van der Waals surface area (Å²) in [7, 11) is 0. The van der Waals surface area contributed by atoms with Gasteiger partial charge in [-0.05, 0) is 6.54 Å². The third kappa shape index (κ3) is 42.0. The van der Waals surface area contributed by atoms with Gasteiger partial charge in [0.1, 0.15) is 0 Å². The molecule has 0 aliphatic carbocycles. The molecule has 0 unspecified atom stereocenters. The first-order valence-electron chi connectivity index (χ1n) is 1.52. The second kappa shape index (κ2) is 27.0. The molecule has 0 fully saturated rings. The summed E-state index contributed by atoms with van der Waals surface area (Å²) in [5.41, 5.74) is 4.85. The molecule has 0 heterocycles. The van der Waals surface area contributed by atoms with E-state index in [0.717, 1.165) is 6.54 Å². The summed E-state index contributed by atoms with van der Waals surface area (Å²) in [6.45, 7) is 2.65. The van der Waals surface area contributed by atoms with E-state index in [-0.39, 0.29) is 6.15 Å². The molecule has 6 heavy (non-hydrogen) atoms. The van der Waals surface area contributed by atoms with Crippen LogP contribution in [0, 0.1) is 0 Å². The summed E-state index contributed by atoms with van der Waals surface area (Å²) in [6, 6.07) is 0. The van der Waals surface area contributed by atoms with Gasteiger partial charge in [0, 0.05) is 0 Å². The molecule has 0 rings (SSSR count). The van der Waals surface area contributed by atoms with Crippen LogP contribution < -0.4 is 5.73 Å². The number of nitrogens with two attached hydrogens (primary N) is 1. The fraction of sp³-hybridized carbons (Fsp3) is 0.667. The maximum absolute atomic E-state index is 8.12. The third-order valence-corrected chi connectivity index (χ3v) is 0. The normalized spacial score (nSPS) is 4.33. The third-order valence-electron chi connectivity index (χ3n) is 0. The van der Waals surface area contributed by atoms with E-state index < -0.39 is 0 Å². The minimum Gasteiger partial charge on any atom is -0.331 e. The molecule has 0 saturated heterocycles. The highest BCUT2D eigenvalue weighted by molar-refractivity contribution is 5.20. The van der Waals surface area contributed by atoms with Gasteiger partial charge in [0.15, 0.2) is 0 Å². The fourth-order valence-corrected chi connectivity index (χ4v) is 0. The molecule has 0 saturated carbocycles. The maximum Gasteiger partial charge on any atom is 0.373 e. The Hall–Kier alpha value is -0.660. The molecular formula is C3H7NO2. The first kappa shape index (κ1) is 9.02. The molecule has 3 heteroatoms. The molecule has 0 bridgehead atoms. The van der Waals surface area contributed by atoms with E-state index in [9.17, 15) is 0 Å². The van der Waals surface area contributed by atoms with Crippen LogP contribution in [-0.4, -0.2) is 12.7 Å². The van der Waals surface area contributed by atoms with Crippen LogP contribution in [0.4, 0.5) is 0 Å². The minimum atomic E-state index is 0.250. The van der Waals surface area contributed by atoms with Crippen molar-refractivity contribution in [2.24, 2.45) is 5.73 Å². The van der Waals surface area contributed by atoms with Crippen molar-refractivity contribution in [3.63, 3.8) is 0 Å². The van der Waals surface area contributed by atoms with E-state index in [0.29, 0.717) is 0 Å². The Morgan fingerprint density at radius 1 is 1.67 bits per heavy atom. The molecule has 36 valence electrons. The summed E-state index contributed by atoms with van der Waals surface area (Å²) in [5, 5.41) is 0. The molecule has 0 aromatic carbocycles. The van der Waals surface area contributed by atoms with E-state index in [1.54, 1.807) is 0 Å². The Morgan fingerprint density at radius 3 is 1.67 bits per heavy atom. The second-order valence-electron chi connectivity index (χ2n) is 0.492. The van der Waals surface area contributed by atoms with E-state index >= 15 is 0 Å². The van der Waals surface area contributed by atoms with Gasteiger partial charge in [0.05, 0.1) is 0 Å². The van der Waals surface area contributed by atoms with Crippen molar-refractivity contribution in [2.75, 3.05) is 6.54 Å². The SMILES string of the molecule is CCN.O=C=O. The lowest BCUT2D eigenvalue weighted by Crippen LogP contribution is -1.87. The van der Waals surface area contributed by atoms with Crippen molar-refractivity contribution in [3.05, 3.63) is 0 Å². The van der Waals surface area contributed by atoms with Gasteiger partial charge >= 0.3 is 6.15 Å². The first-order valence-corrected chi connectivity index (χ1v) is 1.52. The Labute approximate surface area is 36.1 Å². The highest BCUT2D eigenvalue weighted by atomic mass is 16.2. The van der Waals surface area contributed by atoms with Gasteiger partial charge in [0.2, 0.25) is 0 Å². The number of hydrogen-bond acceptors (Lipinski definition) is 3. The Bertz CT molecular complexity index is 38.1. The van der Waals surface area contributed by atoms with Crippen LogP contribution in [0.15, 0.2) is 0 Å². The zero-order valence-electron chi connectivity index (χ0n) is 3.60. The van der Waals surface area contributed by atoms with Gasteiger partial charge in [-0.1, -0.05) is 6.92 Å². The molecule has 0 aliphatic heterocycles. The van der Waals surface area contributed by atoms with Crippen LogP contribution in [0.2, 0.25) is 0 Å². The predicted molar refractivity (Wildman–Crippen MR) is 19.7 cm³/mol. The van der Waals surface area contributed by atoms with Gasteiger partial charge in [0.25, 0.3) is 0 Å². The largest absolute Gasteiger partial charge is 0.373 e. The molecule has 2 N–H and O–H groups in total. The number of hydrogen-bond donors (Lipinski definition) is 1. The lowest BCUT2D eigenvalue weighted by molar-refractivity contribution is -0.191. The van der Waals surface area contributed by atoms with E-state index in [1.165, 1.54) is 0 Å². The molecule has 0 atom stereocenters. The van der Waals surface area contributed by atoms with Crippen LogP contribution in [-0.2, 0) is 9.59 Å². The molecule has 0 spiro atoms. The van der Waals surface area contributed by atoms with E-state index in [4.69, 9.17) is 15.3 Å². The Kier molecular flexibility index (Phi) is 40.5. The summed E-state index contributed by atoms with van der Waals surface area (Å²) >= 11 is 0. The Morgan fingerprint density at radius 2 is 1.67 bits per heavy atom. The van der Waals surface area contributed by atoms with Crippen LogP contribution in [0.25, 0.3) is 0 Å². The van der Waals surface area contributed by atoms with Gasteiger partial charge in [-0.25, -0.2) is 0 Å². The topological polar surface area (TPSA) is 60.2 Å². The fourth-order valence-electron chi connectivity index (χ4n) is 0. The van der Waals surface area contributed by atoms with E-state index in [2.05, 4.69) is 0 Å². The second-order valence-corrected chi connectivity index (χ2v) is 0.492. The molecule has 0 aliphatic rings. The number of rotatable bonds is 0. The highest BCUT2D eigenvalue weighted by Gasteiger charge is 1.32. The predicted octanol–water partition coefficient (Wildman–Crippen LogP) is -0.619. The summed E-state index contributed by atoms with van der Waals surface area (Å²) in [5.74, 6) is 0. The zero-order valence-corrected chi connectivity index (χ0v) is 3.60. The smallest absolute Gasteiger partial charge is 0.331 e. The van der Waals surface area contributed by atoms with Crippen molar-refractivity contribution in [1.29, 1.82) is 0 Å². The van der Waals surface area contributed by atoms with Crippen LogP contribution in [0.1, 0.15) is 6.92 Å². The molecular weight excluding hydrogens is 82.0 g/mol. The summed E-state index contributed by atoms with van der Waals surface area (Å²) in [6.07, 6.45) is 0.250. The van der Waals surface area contributed by atoms with Crippen molar-refractivity contribution in [3.8, 4) is 0 Å². The summed E-state index contributed by atoms with van der Waals surface area (Å²) < 4.78 is 0. The molecule has 3 nitrogen and oxygen atoms in total. The highest BCUT2D eigenvalue weighted by Crippen LogP contribution is 1.20. The number of carbonyl (C=O) groups excluding carboxylic acids is 2. The van der Waals surface area contributed by atoms with Gasteiger partial charge in [-0.3, -0.25) is 0 Å². The van der Waals surface area contributed by atoms with Crippen molar-refractivity contribution < 1.29 is 9.59 Å². The van der Waals surface area contributed by atoms with Crippen molar-refractivity contribution >= 4 is 6.15 Å². The minimum absolute atomic E-state index is 0.250. The lowest BCUT2D eigenvalue weighted by Gasteiger charge is -1.53. The zero-order chi connectivity index (χ0) is 5.41. The van der Waals surface area contributed by atoms with Gasteiger partial charge < -0.3 is 5.73 Å². The maximum atomic E-state index is 8.12. The molecule has 0 aromatic heterocycles.